The average Bonchev–Trinajstić information content (AvgIpc) is 2.60. The molecule has 2 aromatic rings. The second kappa shape index (κ2) is 2.74. The largest absolute Gasteiger partial charge is 0.409 e. The van der Waals surface area contributed by atoms with Gasteiger partial charge in [-0.15, -0.1) is 0 Å². The van der Waals surface area contributed by atoms with Crippen LogP contribution in [0.1, 0.15) is 5.56 Å². The molecule has 6 nitrogen and oxygen atoms in total. The van der Waals surface area contributed by atoms with Gasteiger partial charge in [-0.3, -0.25) is 0 Å². The zero-order valence-electron chi connectivity index (χ0n) is 6.60. The third-order valence-electron chi connectivity index (χ3n) is 1.74. The van der Waals surface area contributed by atoms with E-state index in [1.807, 2.05) is 0 Å². The first kappa shape index (κ1) is 7.53. The van der Waals surface area contributed by atoms with Gasteiger partial charge in [0.1, 0.15) is 12.0 Å². The Bertz CT molecular complexity index is 461. The van der Waals surface area contributed by atoms with Crippen molar-refractivity contribution in [2.45, 2.75) is 0 Å². The number of rotatable bonds is 1. The molecule has 2 rings (SSSR count). The van der Waals surface area contributed by atoms with Crippen LogP contribution in [0.15, 0.2) is 23.9 Å². The van der Waals surface area contributed by atoms with Crippen LogP contribution in [0.2, 0.25) is 0 Å². The highest BCUT2D eigenvalue weighted by Gasteiger charge is 2.07. The summed E-state index contributed by atoms with van der Waals surface area (Å²) in [5, 5.41) is 12.1. The summed E-state index contributed by atoms with van der Waals surface area (Å²) < 4.78 is 0. The van der Waals surface area contributed by atoms with Gasteiger partial charge in [-0.1, -0.05) is 5.16 Å². The van der Waals surface area contributed by atoms with Gasteiger partial charge < -0.3 is 15.9 Å². The highest BCUT2D eigenvalue weighted by atomic mass is 16.4. The number of oxime groups is 1. The number of fused-ring (bicyclic) bond motifs is 1. The zero-order valence-corrected chi connectivity index (χ0v) is 6.60. The van der Waals surface area contributed by atoms with Gasteiger partial charge in [-0.05, 0) is 0 Å². The van der Waals surface area contributed by atoms with Gasteiger partial charge in [0.25, 0.3) is 0 Å². The lowest BCUT2D eigenvalue weighted by atomic mass is 10.2. The maximum absolute atomic E-state index is 8.47. The molecule has 0 aliphatic heterocycles. The van der Waals surface area contributed by atoms with Crippen molar-refractivity contribution in [3.63, 3.8) is 0 Å². The Labute approximate surface area is 73.1 Å². The summed E-state index contributed by atoms with van der Waals surface area (Å²) in [6.45, 7) is 0. The second-order valence-electron chi connectivity index (χ2n) is 2.47. The molecule has 2 aromatic heterocycles. The summed E-state index contributed by atoms with van der Waals surface area (Å²) in [5.41, 5.74) is 6.69. The fourth-order valence-electron chi connectivity index (χ4n) is 1.13. The Morgan fingerprint density at radius 3 is 3.23 bits per heavy atom. The Kier molecular flexibility index (Phi) is 1.59. The number of aromatic nitrogens is 3. The molecule has 4 N–H and O–H groups in total. The Morgan fingerprint density at radius 1 is 1.62 bits per heavy atom. The first-order valence-electron chi connectivity index (χ1n) is 3.58. The molecule has 0 unspecified atom stereocenters. The predicted molar refractivity (Wildman–Crippen MR) is 46.4 cm³/mol. The van der Waals surface area contributed by atoms with Crippen LogP contribution in [0.3, 0.4) is 0 Å². The summed E-state index contributed by atoms with van der Waals surface area (Å²) >= 11 is 0. The molecule has 0 aromatic carbocycles. The van der Waals surface area contributed by atoms with Crippen LogP contribution in [-0.2, 0) is 0 Å². The SMILES string of the molecule is NC(=NO)c1c[nH]c2ncncc12. The van der Waals surface area contributed by atoms with E-state index in [0.29, 0.717) is 11.2 Å². The van der Waals surface area contributed by atoms with Crippen molar-refractivity contribution in [3.8, 4) is 0 Å². The Morgan fingerprint density at radius 2 is 2.46 bits per heavy atom. The van der Waals surface area contributed by atoms with Crippen molar-refractivity contribution in [2.24, 2.45) is 10.9 Å². The van der Waals surface area contributed by atoms with Gasteiger partial charge in [-0.2, -0.15) is 0 Å². The molecule has 0 bridgehead atoms. The van der Waals surface area contributed by atoms with Crippen molar-refractivity contribution >= 4 is 16.9 Å². The Balaban J connectivity index is 2.71. The lowest BCUT2D eigenvalue weighted by Crippen LogP contribution is -2.12. The summed E-state index contributed by atoms with van der Waals surface area (Å²) in [4.78, 5) is 10.7. The minimum atomic E-state index is 0.0426. The van der Waals surface area contributed by atoms with Crippen molar-refractivity contribution in [1.29, 1.82) is 0 Å². The number of hydrogen-bond acceptors (Lipinski definition) is 4. The molecule has 2 heterocycles. The van der Waals surface area contributed by atoms with Gasteiger partial charge in [-0.25, -0.2) is 9.97 Å². The molecule has 66 valence electrons. The minimum absolute atomic E-state index is 0.0426. The zero-order chi connectivity index (χ0) is 9.26. The van der Waals surface area contributed by atoms with Crippen LogP contribution in [0.5, 0.6) is 0 Å². The molecule has 0 fully saturated rings. The summed E-state index contributed by atoms with van der Waals surface area (Å²) in [6, 6.07) is 0. The van der Waals surface area contributed by atoms with Crippen molar-refractivity contribution in [1.82, 2.24) is 15.0 Å². The maximum atomic E-state index is 8.47. The lowest BCUT2D eigenvalue weighted by molar-refractivity contribution is 0.318. The topological polar surface area (TPSA) is 100 Å². The first-order valence-corrected chi connectivity index (χ1v) is 3.58. The molecule has 0 spiro atoms. The highest BCUT2D eigenvalue weighted by molar-refractivity contribution is 6.07. The average molecular weight is 177 g/mol. The molecule has 0 saturated heterocycles. The summed E-state index contributed by atoms with van der Waals surface area (Å²) in [7, 11) is 0. The normalized spacial score (nSPS) is 12.2. The molecule has 0 saturated carbocycles. The molecule has 0 atom stereocenters. The van der Waals surface area contributed by atoms with E-state index in [-0.39, 0.29) is 5.84 Å². The molecule has 0 aliphatic carbocycles. The molecular weight excluding hydrogens is 170 g/mol. The number of aromatic amines is 1. The van der Waals surface area contributed by atoms with Crippen LogP contribution >= 0.6 is 0 Å². The summed E-state index contributed by atoms with van der Waals surface area (Å²) in [6.07, 6.45) is 4.65. The minimum Gasteiger partial charge on any atom is -0.409 e. The third-order valence-corrected chi connectivity index (χ3v) is 1.74. The van der Waals surface area contributed by atoms with Crippen LogP contribution < -0.4 is 5.73 Å². The van der Waals surface area contributed by atoms with Crippen LogP contribution in [0, 0.1) is 0 Å². The fraction of sp³-hybridized carbons (Fsp3) is 0. The van der Waals surface area contributed by atoms with Gasteiger partial charge in [0.15, 0.2) is 5.84 Å². The van der Waals surface area contributed by atoms with Gasteiger partial charge >= 0.3 is 0 Å². The predicted octanol–water partition coefficient (Wildman–Crippen LogP) is 0.0524. The van der Waals surface area contributed by atoms with E-state index in [9.17, 15) is 0 Å². The smallest absolute Gasteiger partial charge is 0.172 e. The van der Waals surface area contributed by atoms with Crippen LogP contribution in [0.4, 0.5) is 0 Å². The number of nitrogens with zero attached hydrogens (tertiary/aromatic N) is 3. The van der Waals surface area contributed by atoms with E-state index in [2.05, 4.69) is 20.1 Å². The fourth-order valence-corrected chi connectivity index (χ4v) is 1.13. The Hall–Kier alpha value is -2.11. The van der Waals surface area contributed by atoms with Gasteiger partial charge in [0.2, 0.25) is 0 Å². The van der Waals surface area contributed by atoms with Gasteiger partial charge in [0, 0.05) is 23.3 Å². The second-order valence-corrected chi connectivity index (χ2v) is 2.47. The lowest BCUT2D eigenvalue weighted by Gasteiger charge is -1.93. The summed E-state index contributed by atoms with van der Waals surface area (Å²) in [5.74, 6) is 0.0426. The first-order chi connectivity index (χ1) is 6.33. The van der Waals surface area contributed by atoms with E-state index < -0.39 is 0 Å². The number of nitrogens with two attached hydrogens (primary N) is 1. The maximum Gasteiger partial charge on any atom is 0.172 e. The van der Waals surface area contributed by atoms with Crippen molar-refractivity contribution < 1.29 is 5.21 Å². The van der Waals surface area contributed by atoms with Crippen molar-refractivity contribution in [3.05, 3.63) is 24.3 Å². The molecule has 13 heavy (non-hydrogen) atoms. The van der Waals surface area contributed by atoms with E-state index in [0.717, 1.165) is 5.39 Å². The van der Waals surface area contributed by atoms with E-state index in [4.69, 9.17) is 10.9 Å². The molecule has 0 radical (unpaired) electrons. The monoisotopic (exact) mass is 177 g/mol. The molecular formula is C7H7N5O. The number of amidine groups is 1. The van der Waals surface area contributed by atoms with Crippen LogP contribution in [-0.4, -0.2) is 26.0 Å². The van der Waals surface area contributed by atoms with Crippen molar-refractivity contribution in [2.75, 3.05) is 0 Å². The molecule has 0 aliphatic rings. The third kappa shape index (κ3) is 1.08. The number of hydrogen-bond donors (Lipinski definition) is 3. The highest BCUT2D eigenvalue weighted by Crippen LogP contribution is 2.13. The van der Waals surface area contributed by atoms with E-state index in [1.54, 1.807) is 12.4 Å². The van der Waals surface area contributed by atoms with Crippen LogP contribution in [0.25, 0.3) is 11.0 Å². The van der Waals surface area contributed by atoms with E-state index >= 15 is 0 Å². The quantitative estimate of drug-likeness (QED) is 0.248. The number of H-pyrrole nitrogens is 1. The molecule has 0 amide bonds. The van der Waals surface area contributed by atoms with Gasteiger partial charge in [0.05, 0.1) is 0 Å². The number of nitrogens with one attached hydrogen (secondary N) is 1. The molecule has 6 heteroatoms. The van der Waals surface area contributed by atoms with E-state index in [1.165, 1.54) is 6.33 Å². The standard InChI is InChI=1S/C7H7N5O/c8-6(12-13)4-2-10-7-5(4)1-9-3-11-7/h1-3,13H,(H2,8,12)(H,9,10,11).